The molecule has 0 aliphatic carbocycles. The van der Waals surface area contributed by atoms with Crippen LogP contribution in [0.5, 0.6) is 11.5 Å². The fourth-order valence-electron chi connectivity index (χ4n) is 2.83. The van der Waals surface area contributed by atoms with Gasteiger partial charge in [-0.15, -0.1) is 0 Å². The zero-order chi connectivity index (χ0) is 20.8. The van der Waals surface area contributed by atoms with Gasteiger partial charge in [-0.05, 0) is 58.6 Å². The number of ether oxygens (including phenoxy) is 2. The summed E-state index contributed by atoms with van der Waals surface area (Å²) in [5, 5.41) is 0. The van der Waals surface area contributed by atoms with E-state index < -0.39 is 0 Å². The molecular formula is C22H22BrNO3S2. The van der Waals surface area contributed by atoms with Crippen molar-refractivity contribution in [3.63, 3.8) is 0 Å². The van der Waals surface area contributed by atoms with Gasteiger partial charge in [0.15, 0.2) is 11.5 Å². The normalized spacial score (nSPS) is 15.3. The minimum atomic E-state index is -0.0794. The van der Waals surface area contributed by atoms with E-state index in [0.29, 0.717) is 40.5 Å². The van der Waals surface area contributed by atoms with Crippen LogP contribution in [-0.2, 0) is 11.3 Å². The van der Waals surface area contributed by atoms with Crippen LogP contribution in [0.2, 0.25) is 0 Å². The van der Waals surface area contributed by atoms with E-state index in [1.54, 1.807) is 4.90 Å². The standard InChI is InChI=1S/C22H22BrNO3S2/c1-3-10-27-20-17(23)11-16(12-18(20)26-4-2)13-19-21(25)24(22(28)29-19)14-15-8-6-5-7-9-15/h5-9,11-13H,3-4,10,14H2,1-2H3/b19-13+. The first-order chi connectivity index (χ1) is 14.0. The number of halogens is 1. The van der Waals surface area contributed by atoms with Gasteiger partial charge in [-0.2, -0.15) is 0 Å². The third-order valence-electron chi connectivity index (χ3n) is 4.14. The van der Waals surface area contributed by atoms with Gasteiger partial charge < -0.3 is 9.47 Å². The lowest BCUT2D eigenvalue weighted by Gasteiger charge is -2.15. The van der Waals surface area contributed by atoms with Gasteiger partial charge in [-0.1, -0.05) is 61.2 Å². The first-order valence-electron chi connectivity index (χ1n) is 9.42. The molecule has 1 aliphatic heterocycles. The topological polar surface area (TPSA) is 38.8 Å². The van der Waals surface area contributed by atoms with Crippen molar-refractivity contribution in [2.45, 2.75) is 26.8 Å². The Kier molecular flexibility index (Phi) is 7.75. The number of amides is 1. The summed E-state index contributed by atoms with van der Waals surface area (Å²) in [6.07, 6.45) is 2.75. The first kappa shape index (κ1) is 21.9. The molecule has 0 saturated carbocycles. The fraction of sp³-hybridized carbons (Fsp3) is 0.273. The van der Waals surface area contributed by atoms with Crippen LogP contribution in [0.3, 0.4) is 0 Å². The number of carbonyl (C=O) groups is 1. The minimum absolute atomic E-state index is 0.0794. The van der Waals surface area contributed by atoms with Gasteiger partial charge in [-0.25, -0.2) is 0 Å². The van der Waals surface area contributed by atoms with Gasteiger partial charge in [0.05, 0.1) is 29.1 Å². The second kappa shape index (κ2) is 10.3. The number of thioether (sulfide) groups is 1. The molecular weight excluding hydrogens is 470 g/mol. The number of hydrogen-bond acceptors (Lipinski definition) is 5. The smallest absolute Gasteiger partial charge is 0.266 e. The zero-order valence-corrected chi connectivity index (χ0v) is 19.5. The number of rotatable bonds is 8. The Morgan fingerprint density at radius 3 is 2.62 bits per heavy atom. The molecule has 0 radical (unpaired) electrons. The molecule has 0 atom stereocenters. The quantitative estimate of drug-likeness (QED) is 0.332. The predicted molar refractivity (Wildman–Crippen MR) is 126 cm³/mol. The number of benzene rings is 2. The Bertz CT molecular complexity index is 931. The lowest BCUT2D eigenvalue weighted by Crippen LogP contribution is -2.27. The van der Waals surface area contributed by atoms with E-state index in [-0.39, 0.29) is 5.91 Å². The van der Waals surface area contributed by atoms with Crippen molar-refractivity contribution in [2.75, 3.05) is 13.2 Å². The molecule has 3 rings (SSSR count). The van der Waals surface area contributed by atoms with Crippen LogP contribution < -0.4 is 9.47 Å². The summed E-state index contributed by atoms with van der Waals surface area (Å²) in [4.78, 5) is 15.1. The highest BCUT2D eigenvalue weighted by atomic mass is 79.9. The molecule has 0 aromatic heterocycles. The van der Waals surface area contributed by atoms with Crippen molar-refractivity contribution in [2.24, 2.45) is 0 Å². The first-order valence-corrected chi connectivity index (χ1v) is 11.4. The highest BCUT2D eigenvalue weighted by molar-refractivity contribution is 9.10. The van der Waals surface area contributed by atoms with Crippen molar-refractivity contribution >= 4 is 56.2 Å². The summed E-state index contributed by atoms with van der Waals surface area (Å²) >= 11 is 10.3. The average Bonchev–Trinajstić information content (AvgIpc) is 2.96. The van der Waals surface area contributed by atoms with E-state index in [1.807, 2.05) is 55.5 Å². The molecule has 1 saturated heterocycles. The molecule has 1 aliphatic rings. The Balaban J connectivity index is 1.85. The second-order valence-corrected chi connectivity index (χ2v) is 8.90. The van der Waals surface area contributed by atoms with E-state index in [9.17, 15) is 4.79 Å². The molecule has 7 heteroatoms. The van der Waals surface area contributed by atoms with Crippen molar-refractivity contribution in [1.29, 1.82) is 0 Å². The molecule has 1 heterocycles. The molecule has 0 bridgehead atoms. The van der Waals surface area contributed by atoms with Gasteiger partial charge in [0.2, 0.25) is 0 Å². The average molecular weight is 492 g/mol. The van der Waals surface area contributed by atoms with Gasteiger partial charge in [-0.3, -0.25) is 9.69 Å². The van der Waals surface area contributed by atoms with Crippen molar-refractivity contribution in [1.82, 2.24) is 4.90 Å². The maximum absolute atomic E-state index is 12.9. The maximum atomic E-state index is 12.9. The van der Waals surface area contributed by atoms with E-state index in [1.165, 1.54) is 11.8 Å². The summed E-state index contributed by atoms with van der Waals surface area (Å²) in [5.41, 5.74) is 1.90. The molecule has 2 aromatic carbocycles. The highest BCUT2D eigenvalue weighted by Gasteiger charge is 2.32. The van der Waals surface area contributed by atoms with E-state index in [2.05, 4.69) is 22.9 Å². The third-order valence-corrected chi connectivity index (χ3v) is 6.10. The summed E-state index contributed by atoms with van der Waals surface area (Å²) in [6.45, 7) is 5.59. The van der Waals surface area contributed by atoms with Crippen LogP contribution in [0, 0.1) is 0 Å². The minimum Gasteiger partial charge on any atom is -0.490 e. The predicted octanol–water partition coefficient (Wildman–Crippen LogP) is 6.04. The van der Waals surface area contributed by atoms with Crippen LogP contribution in [0.25, 0.3) is 6.08 Å². The van der Waals surface area contributed by atoms with Crippen LogP contribution in [0.1, 0.15) is 31.4 Å². The molecule has 4 nitrogen and oxygen atoms in total. The molecule has 1 fully saturated rings. The molecule has 1 amide bonds. The summed E-state index contributed by atoms with van der Waals surface area (Å²) in [6, 6.07) is 13.7. The molecule has 152 valence electrons. The van der Waals surface area contributed by atoms with Crippen LogP contribution in [0.4, 0.5) is 0 Å². The number of carbonyl (C=O) groups excluding carboxylic acids is 1. The monoisotopic (exact) mass is 491 g/mol. The Morgan fingerprint density at radius 2 is 1.93 bits per heavy atom. The summed E-state index contributed by atoms with van der Waals surface area (Å²) in [7, 11) is 0. The van der Waals surface area contributed by atoms with Crippen LogP contribution in [0.15, 0.2) is 51.8 Å². The Hall–Kier alpha value is -1.83. The Labute approximate surface area is 189 Å². The largest absolute Gasteiger partial charge is 0.490 e. The fourth-order valence-corrected chi connectivity index (χ4v) is 4.66. The van der Waals surface area contributed by atoms with Gasteiger partial charge >= 0.3 is 0 Å². The van der Waals surface area contributed by atoms with Gasteiger partial charge in [0.1, 0.15) is 4.32 Å². The van der Waals surface area contributed by atoms with E-state index >= 15 is 0 Å². The number of thiocarbonyl (C=S) groups is 1. The number of hydrogen-bond donors (Lipinski definition) is 0. The van der Waals surface area contributed by atoms with Gasteiger partial charge in [0.25, 0.3) is 5.91 Å². The molecule has 0 spiro atoms. The van der Waals surface area contributed by atoms with Gasteiger partial charge in [0, 0.05) is 0 Å². The highest BCUT2D eigenvalue weighted by Crippen LogP contribution is 2.39. The maximum Gasteiger partial charge on any atom is 0.266 e. The van der Waals surface area contributed by atoms with Crippen molar-refractivity contribution in [3.05, 3.63) is 63.0 Å². The third kappa shape index (κ3) is 5.41. The summed E-state index contributed by atoms with van der Waals surface area (Å²) in [5.74, 6) is 1.26. The SMILES string of the molecule is CCCOc1c(Br)cc(/C=C2/SC(=S)N(Cc3ccccc3)C2=O)cc1OCC. The van der Waals surface area contributed by atoms with E-state index in [0.717, 1.165) is 22.0 Å². The Morgan fingerprint density at radius 1 is 1.17 bits per heavy atom. The lowest BCUT2D eigenvalue weighted by atomic mass is 10.1. The van der Waals surface area contributed by atoms with Crippen LogP contribution in [-0.4, -0.2) is 28.3 Å². The zero-order valence-electron chi connectivity index (χ0n) is 16.3. The van der Waals surface area contributed by atoms with Crippen LogP contribution >= 0.6 is 39.9 Å². The van der Waals surface area contributed by atoms with E-state index in [4.69, 9.17) is 21.7 Å². The van der Waals surface area contributed by atoms with Crippen molar-refractivity contribution < 1.29 is 14.3 Å². The van der Waals surface area contributed by atoms with Crippen molar-refractivity contribution in [3.8, 4) is 11.5 Å². The molecule has 2 aromatic rings. The molecule has 0 N–H and O–H groups in total. The number of nitrogens with zero attached hydrogens (tertiary/aromatic N) is 1. The molecule has 0 unspecified atom stereocenters. The lowest BCUT2D eigenvalue weighted by molar-refractivity contribution is -0.122. The second-order valence-electron chi connectivity index (χ2n) is 6.36. The summed E-state index contributed by atoms with van der Waals surface area (Å²) < 4.78 is 12.9. The molecule has 29 heavy (non-hydrogen) atoms.